The monoisotopic (exact) mass is 524 g/mol. The first-order valence-corrected chi connectivity index (χ1v) is 19.9. The average molecular weight is 525 g/mol. The molecule has 0 unspecified atom stereocenters. The molecule has 0 bridgehead atoms. The third-order valence-electron chi connectivity index (χ3n) is 4.66. The molecule has 4 nitrogen and oxygen atoms in total. The minimum absolute atomic E-state index is 0.514. The first-order chi connectivity index (χ1) is 16.0. The average Bonchev–Trinajstić information content (AvgIpc) is 2.73. The van der Waals surface area contributed by atoms with E-state index in [2.05, 4.69) is 70.8 Å². The SMILES string of the molecule is CC(/C=C(\C)[N-]c1ccccc1)=Nc1ccccc1.CC(C)(C)O[O-].C[Si](C)(C)[CH]([Al+2])[Si](C)(C)C. The maximum absolute atomic E-state index is 9.45. The van der Waals surface area contributed by atoms with E-state index in [-0.39, 0.29) is 0 Å². The van der Waals surface area contributed by atoms with Gasteiger partial charge in [-0.3, -0.25) is 4.99 Å². The van der Waals surface area contributed by atoms with E-state index in [1.54, 1.807) is 20.8 Å². The zero-order valence-corrected chi connectivity index (χ0v) is 26.9. The molecule has 0 aliphatic heterocycles. The van der Waals surface area contributed by atoms with Gasteiger partial charge in [-0.2, -0.15) is 5.70 Å². The number of hydrogen-bond donors (Lipinski definition) is 0. The molecule has 0 saturated heterocycles. The van der Waals surface area contributed by atoms with Crippen molar-refractivity contribution in [3.63, 3.8) is 0 Å². The number of rotatable bonds is 6. The topological polar surface area (TPSA) is 58.8 Å². The Morgan fingerprint density at radius 1 is 0.886 bits per heavy atom. The van der Waals surface area contributed by atoms with E-state index in [0.717, 1.165) is 26.8 Å². The van der Waals surface area contributed by atoms with E-state index in [1.807, 2.05) is 80.6 Å². The molecule has 2 aromatic carbocycles. The predicted molar refractivity (Wildman–Crippen MR) is 159 cm³/mol. The molecule has 0 radical (unpaired) electrons. The number of nitrogens with zero attached hydrogens (tertiary/aromatic N) is 2. The second-order valence-electron chi connectivity index (χ2n) is 11.7. The Balaban J connectivity index is 0.000000606. The molecule has 0 atom stereocenters. The van der Waals surface area contributed by atoms with Gasteiger partial charge >= 0.3 is 75.7 Å². The van der Waals surface area contributed by atoms with Crippen molar-refractivity contribution in [3.8, 4) is 0 Å². The van der Waals surface area contributed by atoms with Gasteiger partial charge in [0.05, 0.1) is 5.69 Å². The van der Waals surface area contributed by atoms with Crippen molar-refractivity contribution in [3.05, 3.63) is 77.8 Å². The number of aliphatic imine (C=N–C) groups is 1. The normalized spacial score (nSPS) is 12.9. The predicted octanol–water partition coefficient (Wildman–Crippen LogP) is 8.16. The summed E-state index contributed by atoms with van der Waals surface area (Å²) in [5.41, 5.74) is 3.30. The van der Waals surface area contributed by atoms with Gasteiger partial charge in [0, 0.05) is 11.3 Å². The van der Waals surface area contributed by atoms with Crippen LogP contribution < -0.4 is 5.26 Å². The van der Waals surface area contributed by atoms with Crippen LogP contribution in [0.3, 0.4) is 0 Å². The van der Waals surface area contributed by atoms with Crippen LogP contribution in [0.25, 0.3) is 5.32 Å². The fraction of sp³-hybridized carbons (Fsp3) is 0.464. The van der Waals surface area contributed by atoms with Crippen molar-refractivity contribution < 1.29 is 10.1 Å². The van der Waals surface area contributed by atoms with Crippen molar-refractivity contribution in [1.82, 2.24) is 0 Å². The van der Waals surface area contributed by atoms with Crippen molar-refractivity contribution in [2.24, 2.45) is 4.99 Å². The number of allylic oxidation sites excluding steroid dienone is 2. The number of benzene rings is 2. The third kappa shape index (κ3) is 17.6. The zero-order chi connectivity index (χ0) is 27.3. The second kappa shape index (κ2) is 15.6. The summed E-state index contributed by atoms with van der Waals surface area (Å²) >= 11 is 3.07. The van der Waals surface area contributed by atoms with E-state index >= 15 is 0 Å². The van der Waals surface area contributed by atoms with Gasteiger partial charge in [0.25, 0.3) is 0 Å². The van der Waals surface area contributed by atoms with Crippen LogP contribution in [0.2, 0.25) is 43.3 Å². The summed E-state index contributed by atoms with van der Waals surface area (Å²) < 4.78 is 0.958. The van der Waals surface area contributed by atoms with Gasteiger partial charge in [0.2, 0.25) is 0 Å². The Kier molecular flexibility index (Phi) is 15.0. The maximum atomic E-state index is 9.45. The van der Waals surface area contributed by atoms with E-state index in [9.17, 15) is 5.26 Å². The molecule has 0 aliphatic carbocycles. The fourth-order valence-electron chi connectivity index (χ4n) is 3.08. The van der Waals surface area contributed by atoms with Gasteiger partial charge in [-0.05, 0) is 39.8 Å². The van der Waals surface area contributed by atoms with E-state index < -0.39 is 21.7 Å². The van der Waals surface area contributed by atoms with Crippen molar-refractivity contribution >= 4 is 49.5 Å². The first-order valence-electron chi connectivity index (χ1n) is 12.1. The molecule has 2 aromatic rings. The molecule has 0 saturated carbocycles. The minimum atomic E-state index is -0.871. The molecule has 0 N–H and O–H groups in total. The van der Waals surface area contributed by atoms with E-state index in [0.29, 0.717) is 0 Å². The Morgan fingerprint density at radius 2 is 1.29 bits per heavy atom. The van der Waals surface area contributed by atoms with Gasteiger partial charge in [-0.1, -0.05) is 61.5 Å². The van der Waals surface area contributed by atoms with Gasteiger partial charge in [0.1, 0.15) is 0 Å². The Hall–Kier alpha value is -1.46. The van der Waals surface area contributed by atoms with Gasteiger partial charge in [-0.25, -0.2) is 0 Å². The molecule has 0 fully saturated rings. The van der Waals surface area contributed by atoms with E-state index in [4.69, 9.17) is 0 Å². The molecule has 190 valence electrons. The van der Waals surface area contributed by atoms with Crippen LogP contribution in [-0.4, -0.2) is 43.8 Å². The van der Waals surface area contributed by atoms with Crippen molar-refractivity contribution in [1.29, 1.82) is 0 Å². The molecule has 0 aliphatic rings. The van der Waals surface area contributed by atoms with Crippen LogP contribution in [0.1, 0.15) is 34.6 Å². The van der Waals surface area contributed by atoms with Crippen LogP contribution >= 0.6 is 0 Å². The molecule has 0 amide bonds. The van der Waals surface area contributed by atoms with Crippen LogP contribution in [0.4, 0.5) is 11.4 Å². The number of hydrogen-bond acceptors (Lipinski definition) is 3. The third-order valence-corrected chi connectivity index (χ3v) is 19.6. The second-order valence-corrected chi connectivity index (χ2v) is 25.0. The zero-order valence-electron chi connectivity index (χ0n) is 23.7. The summed E-state index contributed by atoms with van der Waals surface area (Å²) in [6.07, 6.45) is 1.99. The summed E-state index contributed by atoms with van der Waals surface area (Å²) in [7, 11) is -1.74. The Morgan fingerprint density at radius 3 is 1.63 bits per heavy atom. The number of para-hydroxylation sites is 2. The summed E-state index contributed by atoms with van der Waals surface area (Å²) in [4.78, 5) is 8.21. The summed E-state index contributed by atoms with van der Waals surface area (Å²) in [5.74, 6) is 0. The van der Waals surface area contributed by atoms with Crippen LogP contribution in [0.5, 0.6) is 0 Å². The van der Waals surface area contributed by atoms with E-state index in [1.165, 1.54) is 0 Å². The quantitative estimate of drug-likeness (QED) is 0.166. The van der Waals surface area contributed by atoms with Crippen LogP contribution in [0, 0.1) is 0 Å². The summed E-state index contributed by atoms with van der Waals surface area (Å²) in [5, 5.41) is 14.0. The van der Waals surface area contributed by atoms with Gasteiger partial charge in [0.15, 0.2) is 0 Å². The Bertz CT molecular complexity index is 885. The van der Waals surface area contributed by atoms with Gasteiger partial charge in [-0.15, -0.1) is 5.69 Å². The molecule has 0 spiro atoms. The molecule has 2 rings (SSSR count). The molecule has 0 aromatic heterocycles. The summed E-state index contributed by atoms with van der Waals surface area (Å²) in [6, 6.07) is 19.9. The molecular formula is C28H45AlN2O2Si2. The van der Waals surface area contributed by atoms with Crippen molar-refractivity contribution in [2.45, 2.75) is 83.5 Å². The molecule has 0 heterocycles. The van der Waals surface area contributed by atoms with Crippen LogP contribution in [0.15, 0.2) is 77.4 Å². The fourth-order valence-corrected chi connectivity index (χ4v) is 13.5. The molecule has 7 heteroatoms. The summed E-state index contributed by atoms with van der Waals surface area (Å²) in [6.45, 7) is 23.9. The van der Waals surface area contributed by atoms with Crippen molar-refractivity contribution in [2.75, 3.05) is 0 Å². The molecular weight excluding hydrogens is 479 g/mol. The Labute approximate surface area is 225 Å². The van der Waals surface area contributed by atoms with Gasteiger partial charge < -0.3 is 15.5 Å². The molecule has 35 heavy (non-hydrogen) atoms. The standard InChI is InChI=1S/C17H17N2.C7H19Si2.C4H10O2.Al/c1-14(18-16-9-5-3-6-10-16)13-15(2)19-17-11-7-4-8-12-17;1-8(2,3)7-9(4,5)6;1-4(2,3)6-5;/h3-13H,1-2H3;7H,1-6H3;5H,1-3H3;/q-1;;;+2/p-1/b14-13+,19-15?;;;. The first kappa shape index (κ1) is 33.5. The van der Waals surface area contributed by atoms with Crippen LogP contribution in [-0.2, 0) is 4.89 Å².